The van der Waals surface area contributed by atoms with Crippen molar-refractivity contribution >= 4 is 21.6 Å². The zero-order valence-electron chi connectivity index (χ0n) is 12.0. The van der Waals surface area contributed by atoms with Gasteiger partial charge in [-0.15, -0.1) is 0 Å². The summed E-state index contributed by atoms with van der Waals surface area (Å²) in [7, 11) is -1.94. The van der Waals surface area contributed by atoms with Crippen molar-refractivity contribution < 1.29 is 13.5 Å². The minimum Gasteiger partial charge on any atom is -0.395 e. The van der Waals surface area contributed by atoms with Crippen LogP contribution in [0.4, 0.5) is 0 Å². The monoisotopic (exact) mass is 341 g/mol. The standard InChI is InChI=1S/C14H16ClN3O3S/c1-17-9-16-12-7-18(10(8-19)6-13(12)17)22(20,21)14-5-3-2-4-11(14)15/h2-5,9-10,19H,6-8H2,1H3/t10-/m1/s1. The average molecular weight is 342 g/mol. The van der Waals surface area contributed by atoms with Gasteiger partial charge in [-0.2, -0.15) is 4.31 Å². The van der Waals surface area contributed by atoms with Gasteiger partial charge in [0.25, 0.3) is 0 Å². The van der Waals surface area contributed by atoms with Gasteiger partial charge in [0, 0.05) is 19.2 Å². The number of nitrogens with zero attached hydrogens (tertiary/aromatic N) is 3. The largest absolute Gasteiger partial charge is 0.395 e. The molecule has 0 radical (unpaired) electrons. The van der Waals surface area contributed by atoms with E-state index in [1.54, 1.807) is 24.5 Å². The molecule has 118 valence electrons. The lowest BCUT2D eigenvalue weighted by molar-refractivity contribution is 0.171. The summed E-state index contributed by atoms with van der Waals surface area (Å²) in [5.41, 5.74) is 1.66. The molecule has 0 spiro atoms. The normalized spacial score (nSPS) is 19.1. The highest BCUT2D eigenvalue weighted by Crippen LogP contribution is 2.31. The predicted molar refractivity (Wildman–Crippen MR) is 82.0 cm³/mol. The second-order valence-corrected chi connectivity index (χ2v) is 7.54. The van der Waals surface area contributed by atoms with E-state index in [-0.39, 0.29) is 23.1 Å². The van der Waals surface area contributed by atoms with Crippen LogP contribution in [0.1, 0.15) is 11.4 Å². The minimum absolute atomic E-state index is 0.0505. The van der Waals surface area contributed by atoms with Gasteiger partial charge in [-0.25, -0.2) is 13.4 Å². The molecule has 1 N–H and O–H groups in total. The lowest BCUT2D eigenvalue weighted by atomic mass is 10.1. The molecule has 2 heterocycles. The molecule has 1 aliphatic heterocycles. The summed E-state index contributed by atoms with van der Waals surface area (Å²) in [5, 5.41) is 9.80. The number of aliphatic hydroxyl groups excluding tert-OH is 1. The van der Waals surface area contributed by atoms with E-state index in [9.17, 15) is 13.5 Å². The molecule has 0 bridgehead atoms. The highest BCUT2D eigenvalue weighted by Gasteiger charge is 2.37. The number of aliphatic hydroxyl groups is 1. The average Bonchev–Trinajstić information content (AvgIpc) is 2.87. The number of hydrogen-bond donors (Lipinski definition) is 1. The van der Waals surface area contributed by atoms with E-state index >= 15 is 0 Å². The van der Waals surface area contributed by atoms with Gasteiger partial charge in [0.05, 0.1) is 36.2 Å². The maximum Gasteiger partial charge on any atom is 0.245 e. The zero-order valence-corrected chi connectivity index (χ0v) is 13.5. The molecule has 0 aliphatic carbocycles. The van der Waals surface area contributed by atoms with E-state index in [4.69, 9.17) is 11.6 Å². The number of aromatic nitrogens is 2. The van der Waals surface area contributed by atoms with Gasteiger partial charge in [-0.05, 0) is 12.1 Å². The van der Waals surface area contributed by atoms with Crippen molar-refractivity contribution in [3.8, 4) is 0 Å². The van der Waals surface area contributed by atoms with E-state index in [2.05, 4.69) is 4.98 Å². The van der Waals surface area contributed by atoms with Crippen molar-refractivity contribution in [2.75, 3.05) is 6.61 Å². The predicted octanol–water partition coefficient (Wildman–Crippen LogP) is 1.18. The third kappa shape index (κ3) is 2.44. The van der Waals surface area contributed by atoms with Gasteiger partial charge < -0.3 is 9.67 Å². The zero-order chi connectivity index (χ0) is 15.9. The van der Waals surface area contributed by atoms with Gasteiger partial charge in [-0.3, -0.25) is 0 Å². The Bertz CT molecular complexity index is 803. The number of imidazole rings is 1. The van der Waals surface area contributed by atoms with E-state index in [1.165, 1.54) is 10.4 Å². The van der Waals surface area contributed by atoms with Crippen molar-refractivity contribution in [1.29, 1.82) is 0 Å². The van der Waals surface area contributed by atoms with Crippen LogP contribution in [0.2, 0.25) is 5.02 Å². The Labute approximate surface area is 134 Å². The Balaban J connectivity index is 2.05. The van der Waals surface area contributed by atoms with Gasteiger partial charge in [-0.1, -0.05) is 23.7 Å². The summed E-state index contributed by atoms with van der Waals surface area (Å²) in [5.74, 6) is 0. The van der Waals surface area contributed by atoms with E-state index in [0.29, 0.717) is 12.1 Å². The fourth-order valence-corrected chi connectivity index (χ4v) is 4.79. The summed E-state index contributed by atoms with van der Waals surface area (Å²) in [6, 6.07) is 5.79. The second kappa shape index (κ2) is 5.66. The Morgan fingerprint density at radius 2 is 2.14 bits per heavy atom. The van der Waals surface area contributed by atoms with Crippen LogP contribution in [-0.2, 0) is 30.0 Å². The number of halogens is 1. The first-order valence-corrected chi connectivity index (χ1v) is 8.63. The molecule has 6 nitrogen and oxygen atoms in total. The summed E-state index contributed by atoms with van der Waals surface area (Å²) in [6.07, 6.45) is 2.08. The number of sulfonamides is 1. The first kappa shape index (κ1) is 15.5. The van der Waals surface area contributed by atoms with Crippen LogP contribution in [0, 0.1) is 0 Å². The molecule has 0 saturated carbocycles. The van der Waals surface area contributed by atoms with Gasteiger partial charge >= 0.3 is 0 Å². The first-order chi connectivity index (χ1) is 10.4. The molecule has 1 aliphatic rings. The molecule has 1 aromatic carbocycles. The maximum atomic E-state index is 12.9. The van der Waals surface area contributed by atoms with Gasteiger partial charge in [0.2, 0.25) is 10.0 Å². The van der Waals surface area contributed by atoms with Crippen LogP contribution in [0.3, 0.4) is 0 Å². The summed E-state index contributed by atoms with van der Waals surface area (Å²) >= 11 is 6.04. The first-order valence-electron chi connectivity index (χ1n) is 6.81. The number of rotatable bonds is 3. The van der Waals surface area contributed by atoms with E-state index in [1.807, 2.05) is 11.6 Å². The summed E-state index contributed by atoms with van der Waals surface area (Å²) in [6.45, 7) is -0.122. The van der Waals surface area contributed by atoms with Crippen molar-refractivity contribution in [2.24, 2.45) is 7.05 Å². The Morgan fingerprint density at radius 1 is 1.41 bits per heavy atom. The van der Waals surface area contributed by atoms with Gasteiger partial charge in [0.15, 0.2) is 0 Å². The van der Waals surface area contributed by atoms with Gasteiger partial charge in [0.1, 0.15) is 4.90 Å². The lowest BCUT2D eigenvalue weighted by Gasteiger charge is -2.33. The molecule has 22 heavy (non-hydrogen) atoms. The Hall–Kier alpha value is -1.41. The summed E-state index contributed by atoms with van der Waals surface area (Å²) in [4.78, 5) is 4.30. The number of fused-ring (bicyclic) bond motifs is 1. The molecular formula is C14H16ClN3O3S. The van der Waals surface area contributed by atoms with Crippen molar-refractivity contribution in [2.45, 2.75) is 23.9 Å². The van der Waals surface area contributed by atoms with E-state index in [0.717, 1.165) is 5.69 Å². The molecule has 0 unspecified atom stereocenters. The molecule has 0 saturated heterocycles. The van der Waals surface area contributed by atoms with Crippen molar-refractivity contribution in [1.82, 2.24) is 13.9 Å². The molecule has 8 heteroatoms. The van der Waals surface area contributed by atoms with Crippen LogP contribution < -0.4 is 0 Å². The van der Waals surface area contributed by atoms with Crippen LogP contribution >= 0.6 is 11.6 Å². The molecule has 0 amide bonds. The second-order valence-electron chi connectivity index (χ2n) is 5.27. The van der Waals surface area contributed by atoms with E-state index < -0.39 is 16.1 Å². The third-order valence-electron chi connectivity index (χ3n) is 3.92. The number of benzene rings is 1. The molecular weight excluding hydrogens is 326 g/mol. The number of aryl methyl sites for hydroxylation is 1. The Kier molecular flexibility index (Phi) is 3.98. The highest BCUT2D eigenvalue weighted by atomic mass is 35.5. The molecule has 1 atom stereocenters. The van der Waals surface area contributed by atoms with Crippen LogP contribution in [0.5, 0.6) is 0 Å². The number of hydrogen-bond acceptors (Lipinski definition) is 4. The maximum absolute atomic E-state index is 12.9. The van der Waals surface area contributed by atoms with Crippen LogP contribution in [-0.4, -0.2) is 40.0 Å². The Morgan fingerprint density at radius 3 is 2.82 bits per heavy atom. The topological polar surface area (TPSA) is 75.4 Å². The summed E-state index contributed by atoms with van der Waals surface area (Å²) < 4.78 is 28.9. The van der Waals surface area contributed by atoms with Crippen LogP contribution in [0.15, 0.2) is 35.5 Å². The van der Waals surface area contributed by atoms with Crippen LogP contribution in [0.25, 0.3) is 0 Å². The SMILES string of the molecule is Cn1cnc2c1C[C@H](CO)N(S(=O)(=O)c1ccccc1Cl)C2. The molecule has 2 aromatic rings. The van der Waals surface area contributed by atoms with Crippen molar-refractivity contribution in [3.05, 3.63) is 47.0 Å². The third-order valence-corrected chi connectivity index (χ3v) is 6.32. The lowest BCUT2D eigenvalue weighted by Crippen LogP contribution is -2.46. The van der Waals surface area contributed by atoms with Crippen molar-refractivity contribution in [3.63, 3.8) is 0 Å². The smallest absolute Gasteiger partial charge is 0.245 e. The molecule has 0 fully saturated rings. The quantitative estimate of drug-likeness (QED) is 0.909. The highest BCUT2D eigenvalue weighted by molar-refractivity contribution is 7.89. The molecule has 1 aromatic heterocycles. The fraction of sp³-hybridized carbons (Fsp3) is 0.357. The fourth-order valence-electron chi connectivity index (χ4n) is 2.72. The molecule has 3 rings (SSSR count). The minimum atomic E-state index is -3.80.